The molecule has 4 heteroatoms. The number of H-pyrrole nitrogens is 1. The average Bonchev–Trinajstić information content (AvgIpc) is 2.70. The number of nitrogens with one attached hydrogen (secondary N) is 1. The Bertz CT molecular complexity index is 442. The molecule has 0 saturated heterocycles. The highest BCUT2D eigenvalue weighted by Crippen LogP contribution is 2.13. The molecule has 0 saturated carbocycles. The van der Waals surface area contributed by atoms with Crippen molar-refractivity contribution < 1.29 is 5.11 Å². The number of aromatic nitrogens is 2. The number of hydrogen-bond acceptors (Lipinski definition) is 2. The molecular formula is C12H13ClN2O. The minimum Gasteiger partial charge on any atom is -0.392 e. The van der Waals surface area contributed by atoms with Crippen molar-refractivity contribution in [1.82, 2.24) is 9.97 Å². The van der Waals surface area contributed by atoms with Gasteiger partial charge >= 0.3 is 0 Å². The van der Waals surface area contributed by atoms with Crippen molar-refractivity contribution in [1.29, 1.82) is 0 Å². The van der Waals surface area contributed by atoms with E-state index in [-0.39, 0.29) is 0 Å². The molecule has 2 N–H and O–H groups in total. The average molecular weight is 237 g/mol. The van der Waals surface area contributed by atoms with E-state index in [1.54, 1.807) is 12.4 Å². The Kier molecular flexibility index (Phi) is 3.59. The maximum atomic E-state index is 9.86. The molecule has 0 aliphatic carbocycles. The first-order chi connectivity index (χ1) is 7.74. The number of hydrogen-bond donors (Lipinski definition) is 2. The molecule has 2 rings (SSSR count). The van der Waals surface area contributed by atoms with Crippen LogP contribution in [0.1, 0.15) is 11.4 Å². The van der Waals surface area contributed by atoms with Crippen LogP contribution >= 0.6 is 11.6 Å². The second kappa shape index (κ2) is 5.14. The van der Waals surface area contributed by atoms with Gasteiger partial charge in [0.05, 0.1) is 6.10 Å². The van der Waals surface area contributed by atoms with Gasteiger partial charge in [-0.15, -0.1) is 0 Å². The largest absolute Gasteiger partial charge is 0.392 e. The van der Waals surface area contributed by atoms with Crippen LogP contribution in [-0.4, -0.2) is 21.2 Å². The predicted octanol–water partition coefficient (Wildman–Crippen LogP) is 2.21. The fraction of sp³-hybridized carbons (Fsp3) is 0.250. The Morgan fingerprint density at radius 3 is 2.94 bits per heavy atom. The summed E-state index contributed by atoms with van der Waals surface area (Å²) >= 11 is 5.87. The third-order valence-corrected chi connectivity index (χ3v) is 2.58. The molecule has 0 radical (unpaired) electrons. The second-order valence-electron chi connectivity index (χ2n) is 3.73. The number of nitrogens with zero attached hydrogens (tertiary/aromatic N) is 1. The molecular weight excluding hydrogens is 224 g/mol. The zero-order valence-electron chi connectivity index (χ0n) is 8.73. The SMILES string of the molecule is OC(Cc1cccc(Cl)c1)Cc1ncc[nH]1. The maximum absolute atomic E-state index is 9.86. The highest BCUT2D eigenvalue weighted by molar-refractivity contribution is 6.30. The summed E-state index contributed by atoms with van der Waals surface area (Å²) in [6.45, 7) is 0. The van der Waals surface area contributed by atoms with E-state index in [2.05, 4.69) is 9.97 Å². The monoisotopic (exact) mass is 236 g/mol. The summed E-state index contributed by atoms with van der Waals surface area (Å²) in [5.74, 6) is 0.800. The van der Waals surface area contributed by atoms with Crippen LogP contribution in [0.3, 0.4) is 0 Å². The van der Waals surface area contributed by atoms with Gasteiger partial charge in [0.1, 0.15) is 5.82 Å². The lowest BCUT2D eigenvalue weighted by Gasteiger charge is -2.09. The summed E-state index contributed by atoms with van der Waals surface area (Å²) in [4.78, 5) is 7.04. The van der Waals surface area contributed by atoms with Gasteiger partial charge in [-0.1, -0.05) is 23.7 Å². The molecule has 1 atom stereocenters. The summed E-state index contributed by atoms with van der Waals surface area (Å²) in [5.41, 5.74) is 1.03. The van der Waals surface area contributed by atoms with Gasteiger partial charge in [0.15, 0.2) is 0 Å². The third-order valence-electron chi connectivity index (χ3n) is 2.34. The van der Waals surface area contributed by atoms with Crippen LogP contribution in [0.25, 0.3) is 0 Å². The van der Waals surface area contributed by atoms with E-state index < -0.39 is 6.10 Å². The molecule has 0 fully saturated rings. The van der Waals surface area contributed by atoms with Crippen molar-refractivity contribution in [3.05, 3.63) is 53.1 Å². The van der Waals surface area contributed by atoms with Gasteiger partial charge in [-0.3, -0.25) is 0 Å². The van der Waals surface area contributed by atoms with E-state index in [0.29, 0.717) is 17.9 Å². The van der Waals surface area contributed by atoms with Crippen molar-refractivity contribution in [2.24, 2.45) is 0 Å². The molecule has 1 unspecified atom stereocenters. The van der Waals surface area contributed by atoms with Crippen molar-refractivity contribution in [2.45, 2.75) is 18.9 Å². The zero-order valence-corrected chi connectivity index (χ0v) is 9.48. The fourth-order valence-corrected chi connectivity index (χ4v) is 1.85. The number of imidazole rings is 1. The van der Waals surface area contributed by atoms with Crippen LogP contribution in [0, 0.1) is 0 Å². The van der Waals surface area contributed by atoms with Crippen LogP contribution < -0.4 is 0 Å². The van der Waals surface area contributed by atoms with Crippen LogP contribution in [0.5, 0.6) is 0 Å². The van der Waals surface area contributed by atoms with E-state index in [1.165, 1.54) is 0 Å². The topological polar surface area (TPSA) is 48.9 Å². The summed E-state index contributed by atoms with van der Waals surface area (Å²) in [6.07, 6.45) is 4.11. The number of aliphatic hydroxyl groups is 1. The minimum absolute atomic E-state index is 0.440. The fourth-order valence-electron chi connectivity index (χ4n) is 1.64. The summed E-state index contributed by atoms with van der Waals surface area (Å²) < 4.78 is 0. The highest BCUT2D eigenvalue weighted by Gasteiger charge is 2.08. The Morgan fingerprint density at radius 1 is 1.38 bits per heavy atom. The van der Waals surface area contributed by atoms with Crippen molar-refractivity contribution in [2.75, 3.05) is 0 Å². The van der Waals surface area contributed by atoms with E-state index in [0.717, 1.165) is 11.4 Å². The van der Waals surface area contributed by atoms with Crippen molar-refractivity contribution >= 4 is 11.6 Å². The first-order valence-corrected chi connectivity index (χ1v) is 5.52. The van der Waals surface area contributed by atoms with Crippen molar-refractivity contribution in [3.63, 3.8) is 0 Å². The number of rotatable bonds is 4. The molecule has 1 heterocycles. The van der Waals surface area contributed by atoms with Crippen LogP contribution in [0.15, 0.2) is 36.7 Å². The lowest BCUT2D eigenvalue weighted by molar-refractivity contribution is 0.173. The number of benzene rings is 1. The smallest absolute Gasteiger partial charge is 0.108 e. The van der Waals surface area contributed by atoms with Gasteiger partial charge in [-0.2, -0.15) is 0 Å². The zero-order chi connectivity index (χ0) is 11.4. The predicted molar refractivity (Wildman–Crippen MR) is 63.5 cm³/mol. The van der Waals surface area contributed by atoms with Gasteiger partial charge in [-0.05, 0) is 24.1 Å². The Morgan fingerprint density at radius 2 is 2.25 bits per heavy atom. The maximum Gasteiger partial charge on any atom is 0.108 e. The lowest BCUT2D eigenvalue weighted by atomic mass is 10.1. The Hall–Kier alpha value is -1.32. The van der Waals surface area contributed by atoms with E-state index in [4.69, 9.17) is 11.6 Å². The number of aromatic amines is 1. The first kappa shape index (κ1) is 11.2. The van der Waals surface area contributed by atoms with Gasteiger partial charge < -0.3 is 10.1 Å². The second-order valence-corrected chi connectivity index (χ2v) is 4.16. The standard InChI is InChI=1S/C12H13ClN2O/c13-10-3-1-2-9(6-10)7-11(16)8-12-14-4-5-15-12/h1-6,11,16H,7-8H2,(H,14,15). The molecule has 1 aromatic heterocycles. The molecule has 0 aliphatic heterocycles. The summed E-state index contributed by atoms with van der Waals surface area (Å²) in [6, 6.07) is 7.53. The van der Waals surface area contributed by atoms with Crippen molar-refractivity contribution in [3.8, 4) is 0 Å². The van der Waals surface area contributed by atoms with Gasteiger partial charge in [-0.25, -0.2) is 4.98 Å². The van der Waals surface area contributed by atoms with Gasteiger partial charge in [0, 0.05) is 23.8 Å². The Balaban J connectivity index is 1.94. The Labute approximate surface area is 99.1 Å². The van der Waals surface area contributed by atoms with Crippen LogP contribution in [-0.2, 0) is 12.8 Å². The van der Waals surface area contributed by atoms with E-state index >= 15 is 0 Å². The van der Waals surface area contributed by atoms with Gasteiger partial charge in [0.2, 0.25) is 0 Å². The van der Waals surface area contributed by atoms with Crippen LogP contribution in [0.2, 0.25) is 5.02 Å². The molecule has 1 aromatic carbocycles. The van der Waals surface area contributed by atoms with Gasteiger partial charge in [0.25, 0.3) is 0 Å². The molecule has 2 aromatic rings. The lowest BCUT2D eigenvalue weighted by Crippen LogP contribution is -2.14. The van der Waals surface area contributed by atoms with E-state index in [9.17, 15) is 5.11 Å². The van der Waals surface area contributed by atoms with Crippen LogP contribution in [0.4, 0.5) is 0 Å². The first-order valence-electron chi connectivity index (χ1n) is 5.15. The van der Waals surface area contributed by atoms with E-state index in [1.807, 2.05) is 24.3 Å². The molecule has 0 amide bonds. The normalized spacial score (nSPS) is 12.6. The quantitative estimate of drug-likeness (QED) is 0.855. The third kappa shape index (κ3) is 3.08. The molecule has 0 bridgehead atoms. The molecule has 0 spiro atoms. The minimum atomic E-state index is -0.440. The number of aliphatic hydroxyl groups excluding tert-OH is 1. The molecule has 16 heavy (non-hydrogen) atoms. The summed E-state index contributed by atoms with van der Waals surface area (Å²) in [7, 11) is 0. The molecule has 0 aliphatic rings. The number of halogens is 1. The summed E-state index contributed by atoms with van der Waals surface area (Å²) in [5, 5.41) is 10.6. The highest BCUT2D eigenvalue weighted by atomic mass is 35.5. The molecule has 84 valence electrons. The molecule has 3 nitrogen and oxygen atoms in total.